The van der Waals surface area contributed by atoms with Crippen molar-refractivity contribution in [3.8, 4) is 23.0 Å². The molecule has 1 heterocycles. The van der Waals surface area contributed by atoms with E-state index in [-0.39, 0.29) is 82.1 Å². The van der Waals surface area contributed by atoms with E-state index < -0.39 is 18.7 Å². The van der Waals surface area contributed by atoms with Crippen molar-refractivity contribution in [1.29, 1.82) is 0 Å². The van der Waals surface area contributed by atoms with Crippen molar-refractivity contribution in [3.63, 3.8) is 0 Å². The number of carboxylic acids is 1. The Bertz CT molecular complexity index is 699. The van der Waals surface area contributed by atoms with Gasteiger partial charge in [-0.15, -0.1) is 0 Å². The van der Waals surface area contributed by atoms with Gasteiger partial charge in [-0.05, 0) is 24.3 Å². The van der Waals surface area contributed by atoms with E-state index in [9.17, 15) is 9.90 Å². The number of para-hydroxylation sites is 4. The maximum atomic E-state index is 10.7. The summed E-state index contributed by atoms with van der Waals surface area (Å²) < 4.78 is 28.5. The van der Waals surface area contributed by atoms with Crippen LogP contribution < -0.4 is 92.9 Å². The summed E-state index contributed by atoms with van der Waals surface area (Å²) in [5.74, 6) is 1.02. The largest absolute Gasteiger partial charge is 1.00 e. The molecule has 0 aromatic heterocycles. The fraction of sp³-hybridized carbons (Fsp3) is 0.350. The molecule has 0 radical (unpaired) electrons. The molecule has 28 heavy (non-hydrogen) atoms. The molecule has 1 aliphatic rings. The first-order valence-corrected chi connectivity index (χ1v) is 8.73. The number of carbonyl (C=O) groups excluding carboxylic acids is 1. The van der Waals surface area contributed by atoms with E-state index >= 15 is 0 Å². The molecule has 3 rings (SSSR count). The summed E-state index contributed by atoms with van der Waals surface area (Å²) in [5, 5.41) is 10.7. The van der Waals surface area contributed by atoms with Gasteiger partial charge in [0, 0.05) is 6.42 Å². The number of rotatable bonds is 3. The van der Waals surface area contributed by atoms with Crippen LogP contribution in [0.25, 0.3) is 0 Å². The molecule has 0 fully saturated rings. The van der Waals surface area contributed by atoms with Crippen molar-refractivity contribution >= 4 is 5.97 Å². The second kappa shape index (κ2) is 12.6. The fourth-order valence-electron chi connectivity index (χ4n) is 2.50. The van der Waals surface area contributed by atoms with Crippen LogP contribution in [0.5, 0.6) is 23.0 Å². The molecule has 8 heteroatoms. The number of ether oxygens (including phenoxy) is 5. The minimum Gasteiger partial charge on any atom is -0.548 e. The Morgan fingerprint density at radius 3 is 1.71 bits per heavy atom. The van der Waals surface area contributed by atoms with E-state index in [1.54, 1.807) is 12.1 Å². The van der Waals surface area contributed by atoms with Crippen molar-refractivity contribution in [2.45, 2.75) is 12.5 Å². The molecule has 1 aliphatic heterocycles. The number of benzene rings is 2. The van der Waals surface area contributed by atoms with E-state index in [2.05, 4.69) is 0 Å². The summed E-state index contributed by atoms with van der Waals surface area (Å²) >= 11 is 0. The van der Waals surface area contributed by atoms with Crippen LogP contribution in [0.1, 0.15) is 6.42 Å². The van der Waals surface area contributed by atoms with E-state index in [0.29, 0.717) is 42.6 Å². The summed E-state index contributed by atoms with van der Waals surface area (Å²) in [5.41, 5.74) is 0. The summed E-state index contributed by atoms with van der Waals surface area (Å²) in [6, 6.07) is 14.6. The second-order valence-electron chi connectivity index (χ2n) is 5.87. The summed E-state index contributed by atoms with van der Waals surface area (Å²) in [6.07, 6.45) is 0.0759. The average molecular weight is 506 g/mol. The van der Waals surface area contributed by atoms with Crippen molar-refractivity contribution in [2.24, 2.45) is 0 Å². The van der Waals surface area contributed by atoms with Gasteiger partial charge in [-0.1, -0.05) is 24.3 Å². The molecule has 2 aromatic rings. The molecule has 0 atom stereocenters. The van der Waals surface area contributed by atoms with Gasteiger partial charge >= 0.3 is 68.9 Å². The molecule has 0 spiro atoms. The maximum Gasteiger partial charge on any atom is 1.00 e. The van der Waals surface area contributed by atoms with Crippen LogP contribution in [0.15, 0.2) is 48.5 Å². The minimum absolute atomic E-state index is 0. The van der Waals surface area contributed by atoms with Gasteiger partial charge in [0.15, 0.2) is 23.0 Å². The van der Waals surface area contributed by atoms with Gasteiger partial charge in [0.25, 0.3) is 0 Å². The fourth-order valence-corrected chi connectivity index (χ4v) is 2.50. The minimum atomic E-state index is -1.30. The molecule has 0 aliphatic carbocycles. The Kier molecular flexibility index (Phi) is 10.6. The Hall–Kier alpha value is -0.878. The van der Waals surface area contributed by atoms with Crippen LogP contribution in [0, 0.1) is 0 Å². The first-order chi connectivity index (χ1) is 13.2. The molecule has 0 unspecified atom stereocenters. The smallest absolute Gasteiger partial charge is 0.548 e. The zero-order valence-electron chi connectivity index (χ0n) is 15.8. The van der Waals surface area contributed by atoms with Gasteiger partial charge in [0.05, 0.1) is 25.8 Å². The topological polar surface area (TPSA) is 86.3 Å². The van der Waals surface area contributed by atoms with Gasteiger partial charge in [0.2, 0.25) is 0 Å². The second-order valence-corrected chi connectivity index (χ2v) is 5.87. The number of hydrogen-bond donors (Lipinski definition) is 0. The summed E-state index contributed by atoms with van der Waals surface area (Å²) in [4.78, 5) is 10.7. The third-order valence-electron chi connectivity index (χ3n) is 3.79. The number of carboxylic acid groups (broad SMARTS) is 1. The predicted octanol–water partition coefficient (Wildman–Crippen LogP) is -1.56. The number of aliphatic carboxylic acids is 1. The van der Waals surface area contributed by atoms with Crippen molar-refractivity contribution < 1.29 is 102 Å². The van der Waals surface area contributed by atoms with E-state index in [4.69, 9.17) is 23.7 Å². The van der Waals surface area contributed by atoms with E-state index in [1.165, 1.54) is 0 Å². The number of fused-ring (bicyclic) bond motifs is 2. The molecule has 0 saturated heterocycles. The Labute approximate surface area is 222 Å². The number of hydrogen-bond acceptors (Lipinski definition) is 7. The Morgan fingerprint density at radius 2 is 1.29 bits per heavy atom. The normalized spacial score (nSPS) is 15.0. The molecule has 7 nitrogen and oxygen atoms in total. The van der Waals surface area contributed by atoms with Crippen LogP contribution in [0.4, 0.5) is 0 Å². The van der Waals surface area contributed by atoms with Gasteiger partial charge in [-0.3, -0.25) is 0 Å². The molecule has 0 bridgehead atoms. The maximum absolute atomic E-state index is 10.7. The third-order valence-corrected chi connectivity index (χ3v) is 3.79. The monoisotopic (exact) mass is 506 g/mol. The SMILES string of the molecule is O=C([O-])COC1COc2ccccc2OCCCOc2ccccc2OC1.[Cs+]. The zero-order valence-corrected chi connectivity index (χ0v) is 22.1. The third kappa shape index (κ3) is 7.51. The first-order valence-electron chi connectivity index (χ1n) is 8.73. The van der Waals surface area contributed by atoms with Crippen molar-refractivity contribution in [1.82, 2.24) is 0 Å². The molecule has 0 amide bonds. The van der Waals surface area contributed by atoms with Crippen molar-refractivity contribution in [2.75, 3.05) is 33.0 Å². The van der Waals surface area contributed by atoms with E-state index in [1.807, 2.05) is 36.4 Å². The van der Waals surface area contributed by atoms with Crippen LogP contribution >= 0.6 is 0 Å². The van der Waals surface area contributed by atoms with Gasteiger partial charge in [-0.25, -0.2) is 0 Å². The molecular formula is C20H21CsO7. The van der Waals surface area contributed by atoms with Gasteiger partial charge < -0.3 is 33.6 Å². The van der Waals surface area contributed by atoms with Crippen LogP contribution in [0.3, 0.4) is 0 Å². The average Bonchev–Trinajstić information content (AvgIpc) is 2.68. The predicted molar refractivity (Wildman–Crippen MR) is 94.2 cm³/mol. The molecular weight excluding hydrogens is 485 g/mol. The zero-order chi connectivity index (χ0) is 18.9. The van der Waals surface area contributed by atoms with Crippen LogP contribution in [-0.2, 0) is 9.53 Å². The molecule has 0 saturated carbocycles. The van der Waals surface area contributed by atoms with Crippen molar-refractivity contribution in [3.05, 3.63) is 48.5 Å². The Morgan fingerprint density at radius 1 is 0.857 bits per heavy atom. The molecule has 2 aromatic carbocycles. The molecule has 0 N–H and O–H groups in total. The van der Waals surface area contributed by atoms with Gasteiger partial charge in [0.1, 0.15) is 19.3 Å². The summed E-state index contributed by atoms with van der Waals surface area (Å²) in [7, 11) is 0. The quantitative estimate of drug-likeness (QED) is 0.498. The summed E-state index contributed by atoms with van der Waals surface area (Å²) in [6.45, 7) is 0.572. The van der Waals surface area contributed by atoms with Gasteiger partial charge in [-0.2, -0.15) is 0 Å². The molecule has 144 valence electrons. The Balaban J connectivity index is 0.00000280. The van der Waals surface area contributed by atoms with Crippen LogP contribution in [-0.4, -0.2) is 45.1 Å². The van der Waals surface area contributed by atoms with Crippen LogP contribution in [0.2, 0.25) is 0 Å². The standard InChI is InChI=1S/C20H22O7.Cs/c21-20(22)14-25-15-12-26-18-8-3-1-6-16(18)23-10-5-11-24-17-7-2-4-9-19(17)27-13-15;/h1-4,6-9,15H,5,10-14H2,(H,21,22);/q;+1/p-1. The number of carbonyl (C=O) groups is 1. The first kappa shape index (κ1) is 23.4. The van der Waals surface area contributed by atoms with E-state index in [0.717, 1.165) is 0 Å².